The normalized spacial score (nSPS) is 15.1. The summed E-state index contributed by atoms with van der Waals surface area (Å²) >= 11 is 0. The molecule has 2 aromatic carbocycles. The van der Waals surface area contributed by atoms with Crippen LogP contribution in [-0.4, -0.2) is 63.2 Å². The van der Waals surface area contributed by atoms with Crippen molar-refractivity contribution in [3.63, 3.8) is 0 Å². The zero-order valence-electron chi connectivity index (χ0n) is 19.8. The highest BCUT2D eigenvalue weighted by Gasteiger charge is 2.37. The van der Waals surface area contributed by atoms with Crippen molar-refractivity contribution in [1.29, 1.82) is 0 Å². The molecule has 9 nitrogen and oxygen atoms in total. The molecule has 0 saturated carbocycles. The Balaban J connectivity index is 1.40. The minimum Gasteiger partial charge on any atom is -0.497 e. The number of hydrogen-bond acceptors (Lipinski definition) is 6. The molecule has 1 atom stereocenters. The van der Waals surface area contributed by atoms with Gasteiger partial charge in [-0.15, -0.1) is 0 Å². The molecule has 0 unspecified atom stereocenters. The van der Waals surface area contributed by atoms with E-state index in [1.54, 1.807) is 21.3 Å². The lowest BCUT2D eigenvalue weighted by molar-refractivity contribution is -0.127. The van der Waals surface area contributed by atoms with E-state index in [-0.39, 0.29) is 31.2 Å². The Hall–Kier alpha value is -3.75. The van der Waals surface area contributed by atoms with E-state index < -0.39 is 12.1 Å². The molecule has 1 heterocycles. The molecule has 9 heteroatoms. The monoisotopic (exact) mass is 469 g/mol. The maximum absolute atomic E-state index is 12.6. The number of carbonyl (C=O) groups excluding carboxylic acids is 3. The van der Waals surface area contributed by atoms with Crippen LogP contribution in [0.4, 0.5) is 4.79 Å². The summed E-state index contributed by atoms with van der Waals surface area (Å²) < 4.78 is 15.7. The first-order chi connectivity index (χ1) is 16.4. The Morgan fingerprint density at radius 3 is 2.32 bits per heavy atom. The molecule has 2 N–H and O–H groups in total. The van der Waals surface area contributed by atoms with Gasteiger partial charge in [0, 0.05) is 19.5 Å². The minimum absolute atomic E-state index is 0.148. The standard InChI is InChI=1S/C25H31N3O6/c1-32-19-7-4-17(5-8-19)13-15-28-24(30)20(27-25(28)31)9-11-23(29)26-14-12-18-6-10-21(33-2)22(16-18)34-3/h4-8,10,16,20H,9,11-15H2,1-3H3,(H,26,29)(H,27,31)/t20-/m1/s1. The molecule has 0 aromatic heterocycles. The van der Waals surface area contributed by atoms with Crippen molar-refractivity contribution in [2.24, 2.45) is 0 Å². The number of benzene rings is 2. The summed E-state index contributed by atoms with van der Waals surface area (Å²) in [6.07, 6.45) is 1.58. The minimum atomic E-state index is -0.681. The van der Waals surface area contributed by atoms with Crippen LogP contribution in [0.25, 0.3) is 0 Å². The SMILES string of the molecule is COc1ccc(CCN2C(=O)N[C@H](CCC(=O)NCCc3ccc(OC)c(OC)c3)C2=O)cc1. The second-order valence-corrected chi connectivity index (χ2v) is 7.92. The number of nitrogens with zero attached hydrogens (tertiary/aromatic N) is 1. The number of urea groups is 1. The molecule has 0 spiro atoms. The third-order valence-corrected chi connectivity index (χ3v) is 5.73. The Labute approximate surface area is 199 Å². The molecule has 3 rings (SSSR count). The summed E-state index contributed by atoms with van der Waals surface area (Å²) in [5.74, 6) is 1.58. The molecular weight excluding hydrogens is 438 g/mol. The molecule has 0 bridgehead atoms. The lowest BCUT2D eigenvalue weighted by atomic mass is 10.1. The van der Waals surface area contributed by atoms with Gasteiger partial charge >= 0.3 is 6.03 Å². The molecule has 0 radical (unpaired) electrons. The quantitative estimate of drug-likeness (QED) is 0.462. The summed E-state index contributed by atoms with van der Waals surface area (Å²) in [6, 6.07) is 12.0. The van der Waals surface area contributed by atoms with Crippen molar-refractivity contribution >= 4 is 17.8 Å². The molecule has 1 saturated heterocycles. The molecule has 0 aliphatic carbocycles. The van der Waals surface area contributed by atoms with E-state index in [2.05, 4.69) is 10.6 Å². The van der Waals surface area contributed by atoms with Gasteiger partial charge in [0.05, 0.1) is 21.3 Å². The van der Waals surface area contributed by atoms with Crippen molar-refractivity contribution in [3.05, 3.63) is 53.6 Å². The number of ether oxygens (including phenoxy) is 3. The van der Waals surface area contributed by atoms with Gasteiger partial charge in [-0.25, -0.2) is 4.79 Å². The van der Waals surface area contributed by atoms with E-state index >= 15 is 0 Å². The second-order valence-electron chi connectivity index (χ2n) is 7.92. The van der Waals surface area contributed by atoms with E-state index in [4.69, 9.17) is 14.2 Å². The first kappa shape index (κ1) is 24.9. The topological polar surface area (TPSA) is 106 Å². The molecule has 1 fully saturated rings. The first-order valence-corrected chi connectivity index (χ1v) is 11.2. The highest BCUT2D eigenvalue weighted by Crippen LogP contribution is 2.27. The average molecular weight is 470 g/mol. The predicted molar refractivity (Wildman–Crippen MR) is 126 cm³/mol. The van der Waals surface area contributed by atoms with E-state index in [9.17, 15) is 14.4 Å². The van der Waals surface area contributed by atoms with Crippen LogP contribution in [0, 0.1) is 0 Å². The molecule has 34 heavy (non-hydrogen) atoms. The zero-order valence-corrected chi connectivity index (χ0v) is 19.8. The van der Waals surface area contributed by atoms with Crippen LogP contribution in [0.3, 0.4) is 0 Å². The van der Waals surface area contributed by atoms with Crippen molar-refractivity contribution < 1.29 is 28.6 Å². The maximum Gasteiger partial charge on any atom is 0.324 e. The van der Waals surface area contributed by atoms with Gasteiger partial charge in [0.2, 0.25) is 5.91 Å². The second kappa shape index (κ2) is 11.9. The fraction of sp³-hybridized carbons (Fsp3) is 0.400. The van der Waals surface area contributed by atoms with Gasteiger partial charge in [0.25, 0.3) is 5.91 Å². The Bertz CT molecular complexity index is 1010. The third-order valence-electron chi connectivity index (χ3n) is 5.73. The van der Waals surface area contributed by atoms with Crippen LogP contribution in [0.1, 0.15) is 24.0 Å². The lowest BCUT2D eigenvalue weighted by Gasteiger charge is -2.13. The highest BCUT2D eigenvalue weighted by atomic mass is 16.5. The van der Waals surface area contributed by atoms with Crippen molar-refractivity contribution in [1.82, 2.24) is 15.5 Å². The summed E-state index contributed by atoms with van der Waals surface area (Å²) in [7, 11) is 4.75. The van der Waals surface area contributed by atoms with Crippen LogP contribution in [0.2, 0.25) is 0 Å². The van der Waals surface area contributed by atoms with E-state index in [1.165, 1.54) is 4.90 Å². The van der Waals surface area contributed by atoms with Crippen LogP contribution < -0.4 is 24.8 Å². The number of hydrogen-bond donors (Lipinski definition) is 2. The van der Waals surface area contributed by atoms with Crippen molar-refractivity contribution in [2.75, 3.05) is 34.4 Å². The van der Waals surface area contributed by atoms with Gasteiger partial charge in [-0.05, 0) is 54.7 Å². The highest BCUT2D eigenvalue weighted by molar-refractivity contribution is 6.04. The van der Waals surface area contributed by atoms with Gasteiger partial charge < -0.3 is 24.8 Å². The number of methoxy groups -OCH3 is 3. The van der Waals surface area contributed by atoms with Crippen molar-refractivity contribution in [2.45, 2.75) is 31.7 Å². The van der Waals surface area contributed by atoms with E-state index in [0.717, 1.165) is 16.9 Å². The summed E-state index contributed by atoms with van der Waals surface area (Å²) in [5.41, 5.74) is 2.00. The van der Waals surface area contributed by atoms with E-state index in [0.29, 0.717) is 30.9 Å². The third kappa shape index (κ3) is 6.40. The van der Waals surface area contributed by atoms with Crippen LogP contribution in [0.15, 0.2) is 42.5 Å². The predicted octanol–water partition coefficient (Wildman–Crippen LogP) is 2.31. The van der Waals surface area contributed by atoms with Gasteiger partial charge in [-0.1, -0.05) is 18.2 Å². The fourth-order valence-corrected chi connectivity index (χ4v) is 3.76. The number of carbonyl (C=O) groups is 3. The van der Waals surface area contributed by atoms with Gasteiger partial charge in [0.1, 0.15) is 11.8 Å². The van der Waals surface area contributed by atoms with Gasteiger partial charge in [-0.3, -0.25) is 14.5 Å². The Morgan fingerprint density at radius 2 is 1.65 bits per heavy atom. The Kier molecular flexibility index (Phi) is 8.73. The summed E-state index contributed by atoms with van der Waals surface area (Å²) in [4.78, 5) is 38.3. The number of rotatable bonds is 12. The van der Waals surface area contributed by atoms with Gasteiger partial charge in [0.15, 0.2) is 11.5 Å². The largest absolute Gasteiger partial charge is 0.497 e. The van der Waals surface area contributed by atoms with E-state index in [1.807, 2.05) is 42.5 Å². The van der Waals surface area contributed by atoms with Crippen LogP contribution >= 0.6 is 0 Å². The van der Waals surface area contributed by atoms with Crippen molar-refractivity contribution in [3.8, 4) is 17.2 Å². The Morgan fingerprint density at radius 1 is 0.941 bits per heavy atom. The smallest absolute Gasteiger partial charge is 0.324 e. The van der Waals surface area contributed by atoms with Crippen LogP contribution in [-0.2, 0) is 22.4 Å². The number of amides is 4. The fourth-order valence-electron chi connectivity index (χ4n) is 3.76. The van der Waals surface area contributed by atoms with Crippen LogP contribution in [0.5, 0.6) is 17.2 Å². The maximum atomic E-state index is 12.6. The average Bonchev–Trinajstić information content (AvgIpc) is 3.13. The molecule has 1 aliphatic heterocycles. The number of nitrogens with one attached hydrogen (secondary N) is 2. The first-order valence-electron chi connectivity index (χ1n) is 11.2. The molecule has 182 valence electrons. The number of imide groups is 1. The molecular formula is C25H31N3O6. The zero-order chi connectivity index (χ0) is 24.5. The summed E-state index contributed by atoms with van der Waals surface area (Å²) in [5, 5.41) is 5.54. The lowest BCUT2D eigenvalue weighted by Crippen LogP contribution is -2.34. The molecule has 2 aromatic rings. The van der Waals surface area contributed by atoms with Gasteiger partial charge in [-0.2, -0.15) is 0 Å². The summed E-state index contributed by atoms with van der Waals surface area (Å²) in [6.45, 7) is 0.734. The molecule has 4 amide bonds. The molecule has 1 aliphatic rings.